The molecule has 1 aromatic heterocycles. The average Bonchev–Trinajstić information content (AvgIpc) is 3.01. The number of nitrogens with zero attached hydrogens (tertiary/aromatic N) is 1. The molecule has 1 aromatic carbocycles. The molecule has 4 N–H and O–H groups in total. The summed E-state index contributed by atoms with van der Waals surface area (Å²) in [5.74, 6) is 0.834. The Morgan fingerprint density at radius 3 is 2.83 bits per heavy atom. The lowest BCUT2D eigenvalue weighted by molar-refractivity contribution is 0.415. The summed E-state index contributed by atoms with van der Waals surface area (Å²) in [6, 6.07) is 5.91. The van der Waals surface area contributed by atoms with Crippen LogP contribution in [0.25, 0.3) is 10.9 Å². The lowest BCUT2D eigenvalue weighted by atomic mass is 10.2. The Kier molecular flexibility index (Phi) is 9.51. The van der Waals surface area contributed by atoms with Gasteiger partial charge in [0.05, 0.1) is 13.3 Å². The van der Waals surface area contributed by atoms with Crippen LogP contribution in [0.5, 0.6) is 5.75 Å². The molecule has 0 radical (unpaired) electrons. The van der Waals surface area contributed by atoms with Crippen molar-refractivity contribution in [2.75, 3.05) is 13.7 Å². The van der Waals surface area contributed by atoms with E-state index in [2.05, 4.69) is 33.5 Å². The van der Waals surface area contributed by atoms with Gasteiger partial charge in [0, 0.05) is 29.2 Å². The minimum atomic E-state index is 0.834. The number of aromatic nitrogens is 1. The molecule has 0 spiro atoms. The van der Waals surface area contributed by atoms with Crippen molar-refractivity contribution in [2.24, 2.45) is 5.10 Å². The molecule has 0 unspecified atom stereocenters. The van der Waals surface area contributed by atoms with Crippen molar-refractivity contribution in [3.05, 3.63) is 30.0 Å². The van der Waals surface area contributed by atoms with Crippen molar-refractivity contribution in [3.63, 3.8) is 0 Å². The van der Waals surface area contributed by atoms with Gasteiger partial charge in [-0.1, -0.05) is 33.6 Å². The molecule has 0 atom stereocenters. The first-order valence-corrected chi connectivity index (χ1v) is 8.26. The number of benzene rings is 1. The molecular weight excluding hydrogens is 290 g/mol. The van der Waals surface area contributed by atoms with Crippen LogP contribution in [0.2, 0.25) is 0 Å². The number of aromatic amines is 1. The Labute approximate surface area is 138 Å². The van der Waals surface area contributed by atoms with Gasteiger partial charge in [-0.2, -0.15) is 10.6 Å². The van der Waals surface area contributed by atoms with E-state index in [1.807, 2.05) is 38.2 Å². The summed E-state index contributed by atoms with van der Waals surface area (Å²) < 4.78 is 5.24. The molecule has 0 saturated carbocycles. The number of unbranched alkanes of at least 4 members (excludes halogenated alkanes) is 2. The standard InChI is InChI=1S/C15H23N5O.C2H6/c1-3-4-5-8-17-19-20-18-11-12-10-16-15-7-6-13(21-2)9-14(12)15;1-2/h6-7,9-11,16-17,19-20H,3-5,8H2,1-2H3;1-2H3/b18-11+;. The predicted octanol–water partition coefficient (Wildman–Crippen LogP) is 3.33. The molecule has 6 heteroatoms. The van der Waals surface area contributed by atoms with E-state index >= 15 is 0 Å². The number of hydrogen-bond acceptors (Lipinski definition) is 5. The first-order chi connectivity index (χ1) is 11.3. The van der Waals surface area contributed by atoms with Gasteiger partial charge in [0.1, 0.15) is 5.75 Å². The normalized spacial score (nSPS) is 10.6. The molecule has 0 aliphatic carbocycles. The highest BCUT2D eigenvalue weighted by molar-refractivity contribution is 5.99. The van der Waals surface area contributed by atoms with Gasteiger partial charge in [0.2, 0.25) is 0 Å². The van der Waals surface area contributed by atoms with Crippen LogP contribution < -0.4 is 21.2 Å². The summed E-state index contributed by atoms with van der Waals surface area (Å²) >= 11 is 0. The monoisotopic (exact) mass is 319 g/mol. The number of H-pyrrole nitrogens is 1. The molecule has 1 heterocycles. The molecule has 0 fully saturated rings. The van der Waals surface area contributed by atoms with Gasteiger partial charge in [0.25, 0.3) is 0 Å². The topological polar surface area (TPSA) is 73.5 Å². The third kappa shape index (κ3) is 6.30. The SMILES string of the molecule is CC.CCCCCNNN/N=C/c1c[nH]c2ccc(OC)cc12. The molecule has 2 rings (SSSR count). The van der Waals surface area contributed by atoms with E-state index in [1.54, 1.807) is 13.3 Å². The summed E-state index contributed by atoms with van der Waals surface area (Å²) in [4.78, 5) is 3.20. The summed E-state index contributed by atoms with van der Waals surface area (Å²) in [5, 5.41) is 5.21. The Balaban J connectivity index is 0.00000127. The Hall–Kier alpha value is -2.05. The van der Waals surface area contributed by atoms with Crippen LogP contribution >= 0.6 is 0 Å². The predicted molar refractivity (Wildman–Crippen MR) is 97.6 cm³/mol. The number of ether oxygens (including phenoxy) is 1. The molecule has 0 aliphatic heterocycles. The van der Waals surface area contributed by atoms with Crippen LogP contribution in [0, 0.1) is 0 Å². The lowest BCUT2D eigenvalue weighted by Gasteiger charge is -2.04. The molecule has 0 saturated heterocycles. The van der Waals surface area contributed by atoms with Crippen molar-refractivity contribution in [1.82, 2.24) is 21.5 Å². The van der Waals surface area contributed by atoms with E-state index in [4.69, 9.17) is 4.74 Å². The minimum absolute atomic E-state index is 0.834. The average molecular weight is 319 g/mol. The molecule has 128 valence electrons. The van der Waals surface area contributed by atoms with E-state index in [0.29, 0.717) is 0 Å². The zero-order valence-electron chi connectivity index (χ0n) is 14.6. The number of methoxy groups -OCH3 is 1. The first kappa shape index (κ1) is 19.0. The summed E-state index contributed by atoms with van der Waals surface area (Å²) in [6.45, 7) is 7.10. The Morgan fingerprint density at radius 2 is 2.09 bits per heavy atom. The third-order valence-corrected chi connectivity index (χ3v) is 3.24. The van der Waals surface area contributed by atoms with Crippen LogP contribution in [-0.2, 0) is 0 Å². The largest absolute Gasteiger partial charge is 0.497 e. The second-order valence-electron chi connectivity index (χ2n) is 4.78. The van der Waals surface area contributed by atoms with Gasteiger partial charge >= 0.3 is 0 Å². The van der Waals surface area contributed by atoms with Crippen molar-refractivity contribution >= 4 is 17.1 Å². The second kappa shape index (κ2) is 11.5. The number of rotatable bonds is 9. The summed E-state index contributed by atoms with van der Waals surface area (Å²) in [6.07, 6.45) is 7.28. The number of hydrazine groups is 2. The molecule has 6 nitrogen and oxygen atoms in total. The van der Waals surface area contributed by atoms with Crippen LogP contribution in [-0.4, -0.2) is 24.9 Å². The lowest BCUT2D eigenvalue weighted by Crippen LogP contribution is -2.40. The number of hydrogen-bond donors (Lipinski definition) is 4. The minimum Gasteiger partial charge on any atom is -0.497 e. The zero-order valence-corrected chi connectivity index (χ0v) is 14.6. The van der Waals surface area contributed by atoms with Crippen molar-refractivity contribution < 1.29 is 4.74 Å². The van der Waals surface area contributed by atoms with E-state index in [9.17, 15) is 0 Å². The van der Waals surface area contributed by atoms with E-state index in [-0.39, 0.29) is 0 Å². The maximum absolute atomic E-state index is 5.24. The van der Waals surface area contributed by atoms with Gasteiger partial charge in [-0.3, -0.25) is 0 Å². The zero-order chi connectivity index (χ0) is 16.9. The molecule has 0 bridgehead atoms. The van der Waals surface area contributed by atoms with Gasteiger partial charge in [-0.25, -0.2) is 11.0 Å². The van der Waals surface area contributed by atoms with Gasteiger partial charge in [0.15, 0.2) is 0 Å². The van der Waals surface area contributed by atoms with E-state index in [1.165, 1.54) is 12.8 Å². The maximum Gasteiger partial charge on any atom is 0.119 e. The highest BCUT2D eigenvalue weighted by Gasteiger charge is 2.02. The van der Waals surface area contributed by atoms with Crippen molar-refractivity contribution in [1.29, 1.82) is 0 Å². The van der Waals surface area contributed by atoms with Crippen LogP contribution in [0.3, 0.4) is 0 Å². The first-order valence-electron chi connectivity index (χ1n) is 8.26. The van der Waals surface area contributed by atoms with Crippen molar-refractivity contribution in [3.8, 4) is 5.75 Å². The molecule has 2 aromatic rings. The van der Waals surface area contributed by atoms with Crippen LogP contribution in [0.4, 0.5) is 0 Å². The number of nitrogens with one attached hydrogen (secondary N) is 4. The van der Waals surface area contributed by atoms with Crippen LogP contribution in [0.1, 0.15) is 45.6 Å². The van der Waals surface area contributed by atoms with Gasteiger partial charge in [-0.05, 0) is 24.6 Å². The highest BCUT2D eigenvalue weighted by Crippen LogP contribution is 2.22. The quantitative estimate of drug-likeness (QED) is 0.325. The summed E-state index contributed by atoms with van der Waals surface area (Å²) in [5.41, 5.74) is 10.7. The fourth-order valence-corrected chi connectivity index (χ4v) is 2.05. The third-order valence-electron chi connectivity index (χ3n) is 3.24. The Bertz CT molecular complexity index is 579. The van der Waals surface area contributed by atoms with Crippen molar-refractivity contribution in [2.45, 2.75) is 40.0 Å². The fraction of sp³-hybridized carbons (Fsp3) is 0.471. The summed E-state index contributed by atoms with van der Waals surface area (Å²) in [7, 11) is 1.66. The number of fused-ring (bicyclic) bond motifs is 1. The van der Waals surface area contributed by atoms with E-state index < -0.39 is 0 Å². The van der Waals surface area contributed by atoms with Crippen LogP contribution in [0.15, 0.2) is 29.5 Å². The smallest absolute Gasteiger partial charge is 0.119 e. The van der Waals surface area contributed by atoms with E-state index in [0.717, 1.165) is 35.2 Å². The molecule has 23 heavy (non-hydrogen) atoms. The molecule has 0 aliphatic rings. The molecular formula is C17H29N5O. The fourth-order valence-electron chi connectivity index (χ4n) is 2.05. The highest BCUT2D eigenvalue weighted by atomic mass is 16.5. The maximum atomic E-state index is 5.24. The second-order valence-corrected chi connectivity index (χ2v) is 4.78. The van der Waals surface area contributed by atoms with Gasteiger partial charge in [-0.15, -0.1) is 0 Å². The Morgan fingerprint density at radius 1 is 1.26 bits per heavy atom. The van der Waals surface area contributed by atoms with Gasteiger partial charge < -0.3 is 9.72 Å². The number of hydrazone groups is 1. The molecule has 0 amide bonds.